The third-order valence-electron chi connectivity index (χ3n) is 6.55. The Hall–Kier alpha value is -4.19. The highest BCUT2D eigenvalue weighted by atomic mass is 32.2. The van der Waals surface area contributed by atoms with E-state index in [1.54, 1.807) is 47.4 Å². The lowest BCUT2D eigenvalue weighted by Crippen LogP contribution is -2.40. The summed E-state index contributed by atoms with van der Waals surface area (Å²) in [6.45, 7) is 1.23. The standard InChI is InChI=1S/C27H27N3O8S/c1-35-19-5-3-16(11-21(19)36-2)12-23-26(33)29(27(34)39-23)8-7-28-25(32)17-13-24(31)30(15-17)18-4-6-20-22(14-18)38-10-9-37-20/h3-6,11-12,14,17H,7-10,13,15H2,1-2H3,(H,28,32)/b23-12-/t17-/m0/s1. The van der Waals surface area contributed by atoms with E-state index < -0.39 is 17.1 Å². The molecule has 3 aliphatic rings. The molecule has 1 atom stereocenters. The molecule has 3 aliphatic heterocycles. The molecule has 3 heterocycles. The van der Waals surface area contributed by atoms with Crippen molar-refractivity contribution in [3.63, 3.8) is 0 Å². The average molecular weight is 554 g/mol. The van der Waals surface area contributed by atoms with Crippen LogP contribution in [-0.4, -0.2) is 74.9 Å². The lowest BCUT2D eigenvalue weighted by Gasteiger charge is -2.22. The highest BCUT2D eigenvalue weighted by Crippen LogP contribution is 2.36. The largest absolute Gasteiger partial charge is 0.493 e. The second-order valence-electron chi connectivity index (χ2n) is 8.97. The Labute approximate surface area is 229 Å². The molecule has 0 saturated carbocycles. The topological polar surface area (TPSA) is 124 Å². The minimum absolute atomic E-state index is 0.0201. The number of nitrogens with zero attached hydrogens (tertiary/aromatic N) is 2. The molecule has 2 fully saturated rings. The van der Waals surface area contributed by atoms with Gasteiger partial charge in [0.15, 0.2) is 23.0 Å². The first-order valence-electron chi connectivity index (χ1n) is 12.3. The summed E-state index contributed by atoms with van der Waals surface area (Å²) in [5.74, 6) is 0.784. The Kier molecular flexibility index (Phi) is 7.64. The number of thioether (sulfide) groups is 1. The predicted octanol–water partition coefficient (Wildman–Crippen LogP) is 2.68. The number of carbonyl (C=O) groups excluding carboxylic acids is 4. The minimum atomic E-state index is -0.550. The summed E-state index contributed by atoms with van der Waals surface area (Å²) in [6, 6.07) is 10.4. The van der Waals surface area contributed by atoms with Crippen LogP contribution in [0.4, 0.5) is 10.5 Å². The van der Waals surface area contributed by atoms with Gasteiger partial charge in [0.05, 0.1) is 25.0 Å². The highest BCUT2D eigenvalue weighted by molar-refractivity contribution is 8.18. The van der Waals surface area contributed by atoms with Crippen LogP contribution in [0.3, 0.4) is 0 Å². The second kappa shape index (κ2) is 11.3. The van der Waals surface area contributed by atoms with Crippen LogP contribution in [0.25, 0.3) is 6.08 Å². The molecule has 12 heteroatoms. The molecule has 4 amide bonds. The normalized spacial score (nSPS) is 19.6. The number of rotatable bonds is 8. The number of nitrogens with one attached hydrogen (secondary N) is 1. The molecule has 0 spiro atoms. The Morgan fingerprint density at radius 3 is 2.59 bits per heavy atom. The van der Waals surface area contributed by atoms with Gasteiger partial charge >= 0.3 is 0 Å². The molecule has 0 aliphatic carbocycles. The zero-order valence-corrected chi connectivity index (χ0v) is 22.2. The first kappa shape index (κ1) is 26.4. The van der Waals surface area contributed by atoms with Crippen molar-refractivity contribution >= 4 is 46.5 Å². The number of fused-ring (bicyclic) bond motifs is 1. The SMILES string of the molecule is COc1ccc(/C=C2\SC(=O)N(CCNC(=O)[C@H]3CC(=O)N(c4ccc5c(c4)OCCO5)C3)C2=O)cc1OC. The second-order valence-corrected chi connectivity index (χ2v) is 9.97. The Balaban J connectivity index is 1.15. The number of carbonyl (C=O) groups is 4. The van der Waals surface area contributed by atoms with Gasteiger partial charge in [0, 0.05) is 37.8 Å². The summed E-state index contributed by atoms with van der Waals surface area (Å²) >= 11 is 0.835. The van der Waals surface area contributed by atoms with Gasteiger partial charge in [-0.1, -0.05) is 6.07 Å². The summed E-state index contributed by atoms with van der Waals surface area (Å²) in [5, 5.41) is 2.34. The van der Waals surface area contributed by atoms with Gasteiger partial charge in [-0.3, -0.25) is 24.1 Å². The lowest BCUT2D eigenvalue weighted by molar-refractivity contribution is -0.127. The van der Waals surface area contributed by atoms with Gasteiger partial charge in [0.1, 0.15) is 13.2 Å². The van der Waals surface area contributed by atoms with Crippen molar-refractivity contribution in [2.75, 3.05) is 52.0 Å². The van der Waals surface area contributed by atoms with Crippen molar-refractivity contribution in [3.8, 4) is 23.0 Å². The van der Waals surface area contributed by atoms with Crippen molar-refractivity contribution in [1.29, 1.82) is 0 Å². The molecule has 0 aromatic heterocycles. The van der Waals surface area contributed by atoms with Gasteiger partial charge in [-0.05, 0) is 47.7 Å². The van der Waals surface area contributed by atoms with E-state index in [2.05, 4.69) is 5.32 Å². The molecule has 0 bridgehead atoms. The van der Waals surface area contributed by atoms with E-state index in [0.29, 0.717) is 47.5 Å². The summed E-state index contributed by atoms with van der Waals surface area (Å²) in [6.07, 6.45) is 1.68. The van der Waals surface area contributed by atoms with Gasteiger partial charge < -0.3 is 29.2 Å². The van der Waals surface area contributed by atoms with E-state index in [1.807, 2.05) is 0 Å². The fourth-order valence-electron chi connectivity index (χ4n) is 4.55. The number of hydrogen-bond acceptors (Lipinski definition) is 9. The van der Waals surface area contributed by atoms with Crippen LogP contribution in [0.2, 0.25) is 0 Å². The number of imide groups is 1. The van der Waals surface area contributed by atoms with Gasteiger partial charge in [-0.25, -0.2) is 0 Å². The first-order chi connectivity index (χ1) is 18.9. The van der Waals surface area contributed by atoms with Crippen LogP contribution in [-0.2, 0) is 14.4 Å². The quantitative estimate of drug-likeness (QED) is 0.492. The van der Waals surface area contributed by atoms with Gasteiger partial charge in [-0.2, -0.15) is 0 Å². The molecule has 2 aromatic rings. The monoisotopic (exact) mass is 553 g/mol. The first-order valence-corrected chi connectivity index (χ1v) is 13.1. The number of ether oxygens (including phenoxy) is 4. The number of amides is 4. The third-order valence-corrected chi connectivity index (χ3v) is 7.45. The van der Waals surface area contributed by atoms with Crippen molar-refractivity contribution in [1.82, 2.24) is 10.2 Å². The van der Waals surface area contributed by atoms with Crippen LogP contribution in [0.15, 0.2) is 41.3 Å². The Morgan fingerprint density at radius 1 is 1.05 bits per heavy atom. The van der Waals surface area contributed by atoms with Crippen LogP contribution >= 0.6 is 11.8 Å². The number of benzene rings is 2. The van der Waals surface area contributed by atoms with Gasteiger partial charge in [0.2, 0.25) is 11.8 Å². The van der Waals surface area contributed by atoms with Crippen molar-refractivity contribution < 1.29 is 38.1 Å². The molecule has 5 rings (SSSR count). The van der Waals surface area contributed by atoms with E-state index in [4.69, 9.17) is 18.9 Å². The average Bonchev–Trinajstić information content (AvgIpc) is 3.47. The van der Waals surface area contributed by atoms with Crippen LogP contribution < -0.4 is 29.2 Å². The molecule has 39 heavy (non-hydrogen) atoms. The zero-order chi connectivity index (χ0) is 27.5. The van der Waals surface area contributed by atoms with Crippen molar-refractivity contribution in [3.05, 3.63) is 46.9 Å². The fraction of sp³-hybridized carbons (Fsp3) is 0.333. The summed E-state index contributed by atoms with van der Waals surface area (Å²) in [5.41, 5.74) is 1.32. The van der Waals surface area contributed by atoms with Gasteiger partial charge in [-0.15, -0.1) is 0 Å². The van der Waals surface area contributed by atoms with Crippen LogP contribution in [0, 0.1) is 5.92 Å². The summed E-state index contributed by atoms with van der Waals surface area (Å²) in [4.78, 5) is 53.7. The maximum Gasteiger partial charge on any atom is 0.293 e. The number of methoxy groups -OCH3 is 2. The van der Waals surface area contributed by atoms with E-state index in [1.165, 1.54) is 14.2 Å². The molecule has 2 saturated heterocycles. The third kappa shape index (κ3) is 5.51. The maximum absolute atomic E-state index is 12.9. The molecular weight excluding hydrogens is 526 g/mol. The van der Waals surface area contributed by atoms with E-state index in [0.717, 1.165) is 16.7 Å². The molecule has 0 unspecified atom stereocenters. The number of anilines is 1. The fourth-order valence-corrected chi connectivity index (χ4v) is 5.42. The Morgan fingerprint density at radius 2 is 1.82 bits per heavy atom. The van der Waals surface area contributed by atoms with Gasteiger partial charge in [0.25, 0.3) is 11.1 Å². The summed E-state index contributed by atoms with van der Waals surface area (Å²) in [7, 11) is 3.05. The van der Waals surface area contributed by atoms with E-state index >= 15 is 0 Å². The molecular formula is C27H27N3O8S. The highest BCUT2D eigenvalue weighted by Gasteiger charge is 2.37. The van der Waals surface area contributed by atoms with E-state index in [9.17, 15) is 19.2 Å². The van der Waals surface area contributed by atoms with Crippen molar-refractivity contribution in [2.45, 2.75) is 6.42 Å². The molecule has 0 radical (unpaired) electrons. The minimum Gasteiger partial charge on any atom is -0.493 e. The van der Waals surface area contributed by atoms with E-state index in [-0.39, 0.29) is 42.8 Å². The Bertz CT molecular complexity index is 1360. The zero-order valence-electron chi connectivity index (χ0n) is 21.4. The van der Waals surface area contributed by atoms with Crippen molar-refractivity contribution in [2.24, 2.45) is 5.92 Å². The van der Waals surface area contributed by atoms with Crippen LogP contribution in [0.5, 0.6) is 23.0 Å². The predicted molar refractivity (Wildman–Crippen MR) is 143 cm³/mol. The molecule has 1 N–H and O–H groups in total. The number of hydrogen-bond donors (Lipinski definition) is 1. The molecule has 11 nitrogen and oxygen atoms in total. The lowest BCUT2D eigenvalue weighted by atomic mass is 10.1. The molecule has 2 aromatic carbocycles. The smallest absolute Gasteiger partial charge is 0.293 e. The maximum atomic E-state index is 12.9. The van der Waals surface area contributed by atoms with Crippen LogP contribution in [0.1, 0.15) is 12.0 Å². The molecule has 204 valence electrons. The summed E-state index contributed by atoms with van der Waals surface area (Å²) < 4.78 is 21.6.